The van der Waals surface area contributed by atoms with Gasteiger partial charge in [-0.05, 0) is 31.2 Å². The molecule has 1 aliphatic rings. The molecule has 1 aromatic carbocycles. The number of nitrogens with one attached hydrogen (secondary N) is 1. The van der Waals surface area contributed by atoms with Crippen molar-refractivity contribution in [3.8, 4) is 11.5 Å². The minimum absolute atomic E-state index is 0.242. The molecule has 0 saturated heterocycles. The third-order valence-electron chi connectivity index (χ3n) is 3.25. The van der Waals surface area contributed by atoms with Gasteiger partial charge >= 0.3 is 0 Å². The molecule has 5 nitrogen and oxygen atoms in total. The molecule has 104 valence electrons. The number of hydrogen-bond donors (Lipinski definition) is 2. The molecule has 1 atom stereocenters. The lowest BCUT2D eigenvalue weighted by Crippen LogP contribution is -2.28. The smallest absolute Gasteiger partial charge is 0.217 e. The molecule has 1 aromatic rings. The topological polar surface area (TPSA) is 73.6 Å². The number of ether oxygens (including phenoxy) is 2. The first-order valence-electron chi connectivity index (χ1n) is 6.53. The SMILES string of the molecule is COc1ccc2c(c1)C(NCCCC(N)=O)CCO2. The molecule has 3 N–H and O–H groups in total. The summed E-state index contributed by atoms with van der Waals surface area (Å²) in [6.45, 7) is 1.47. The van der Waals surface area contributed by atoms with E-state index in [2.05, 4.69) is 5.32 Å². The first-order chi connectivity index (χ1) is 9.20. The molecule has 1 aliphatic heterocycles. The molecule has 0 spiro atoms. The van der Waals surface area contributed by atoms with Gasteiger partial charge in [0.2, 0.25) is 5.91 Å². The molecule has 5 heteroatoms. The maximum Gasteiger partial charge on any atom is 0.217 e. The number of fused-ring (bicyclic) bond motifs is 1. The second-order valence-corrected chi connectivity index (χ2v) is 4.62. The van der Waals surface area contributed by atoms with Crippen LogP contribution in [0.4, 0.5) is 0 Å². The molecule has 0 radical (unpaired) electrons. The standard InChI is InChI=1S/C14H20N2O3/c1-18-10-4-5-13-11(9-10)12(6-8-19-13)16-7-2-3-14(15)17/h4-5,9,12,16H,2-3,6-8H2,1H3,(H2,15,17). The van der Waals surface area contributed by atoms with E-state index in [-0.39, 0.29) is 11.9 Å². The van der Waals surface area contributed by atoms with Gasteiger partial charge in [0.1, 0.15) is 11.5 Å². The van der Waals surface area contributed by atoms with Crippen molar-refractivity contribution in [2.75, 3.05) is 20.3 Å². The Bertz CT molecular complexity index is 448. The fourth-order valence-corrected chi connectivity index (χ4v) is 2.25. The third-order valence-corrected chi connectivity index (χ3v) is 3.25. The molecule has 2 rings (SSSR count). The highest BCUT2D eigenvalue weighted by Crippen LogP contribution is 2.34. The quantitative estimate of drug-likeness (QED) is 0.761. The van der Waals surface area contributed by atoms with Gasteiger partial charge in [-0.1, -0.05) is 0 Å². The summed E-state index contributed by atoms with van der Waals surface area (Å²) in [5.74, 6) is 1.48. The predicted octanol–water partition coefficient (Wildman–Crippen LogP) is 1.37. The number of carbonyl (C=O) groups excluding carboxylic acids is 1. The summed E-state index contributed by atoms with van der Waals surface area (Å²) in [4.78, 5) is 10.7. The van der Waals surface area contributed by atoms with E-state index in [0.717, 1.165) is 36.4 Å². The minimum atomic E-state index is -0.254. The van der Waals surface area contributed by atoms with Crippen molar-refractivity contribution in [3.05, 3.63) is 23.8 Å². The van der Waals surface area contributed by atoms with Gasteiger partial charge in [-0.25, -0.2) is 0 Å². The Hall–Kier alpha value is -1.75. The third kappa shape index (κ3) is 3.61. The Morgan fingerprint density at radius 1 is 1.58 bits per heavy atom. The van der Waals surface area contributed by atoms with E-state index < -0.39 is 0 Å². The first-order valence-corrected chi connectivity index (χ1v) is 6.53. The second kappa shape index (κ2) is 6.43. The summed E-state index contributed by atoms with van der Waals surface area (Å²) < 4.78 is 10.9. The molecule has 19 heavy (non-hydrogen) atoms. The average molecular weight is 264 g/mol. The number of benzene rings is 1. The number of carbonyl (C=O) groups is 1. The molecular formula is C14H20N2O3. The lowest BCUT2D eigenvalue weighted by molar-refractivity contribution is -0.118. The molecule has 0 bridgehead atoms. The number of amides is 1. The number of primary amides is 1. The number of nitrogens with two attached hydrogens (primary N) is 1. The van der Waals surface area contributed by atoms with Crippen molar-refractivity contribution in [3.63, 3.8) is 0 Å². The Balaban J connectivity index is 1.98. The molecule has 0 aromatic heterocycles. The van der Waals surface area contributed by atoms with Crippen LogP contribution in [0.5, 0.6) is 11.5 Å². The van der Waals surface area contributed by atoms with Crippen molar-refractivity contribution < 1.29 is 14.3 Å². The van der Waals surface area contributed by atoms with Crippen LogP contribution < -0.4 is 20.5 Å². The highest BCUT2D eigenvalue weighted by atomic mass is 16.5. The maximum atomic E-state index is 10.7. The average Bonchev–Trinajstić information content (AvgIpc) is 2.43. The van der Waals surface area contributed by atoms with Crippen LogP contribution in [0.1, 0.15) is 30.9 Å². The van der Waals surface area contributed by atoms with Gasteiger partial charge in [0.05, 0.1) is 13.7 Å². The van der Waals surface area contributed by atoms with Gasteiger partial charge in [-0.15, -0.1) is 0 Å². The fourth-order valence-electron chi connectivity index (χ4n) is 2.25. The minimum Gasteiger partial charge on any atom is -0.497 e. The summed E-state index contributed by atoms with van der Waals surface area (Å²) in [6, 6.07) is 6.08. The zero-order valence-electron chi connectivity index (χ0n) is 11.1. The van der Waals surface area contributed by atoms with E-state index in [1.54, 1.807) is 7.11 Å². The van der Waals surface area contributed by atoms with E-state index in [4.69, 9.17) is 15.2 Å². The van der Waals surface area contributed by atoms with Crippen molar-refractivity contribution in [2.24, 2.45) is 5.73 Å². The van der Waals surface area contributed by atoms with Crippen LogP contribution in [0.2, 0.25) is 0 Å². The second-order valence-electron chi connectivity index (χ2n) is 4.62. The van der Waals surface area contributed by atoms with Crippen LogP contribution in [-0.2, 0) is 4.79 Å². The lowest BCUT2D eigenvalue weighted by Gasteiger charge is -2.27. The molecule has 0 fully saturated rings. The van der Waals surface area contributed by atoms with Gasteiger partial charge in [-0.2, -0.15) is 0 Å². The van der Waals surface area contributed by atoms with E-state index >= 15 is 0 Å². The zero-order chi connectivity index (χ0) is 13.7. The monoisotopic (exact) mass is 264 g/mol. The normalized spacial score (nSPS) is 17.4. The van der Waals surface area contributed by atoms with E-state index in [0.29, 0.717) is 13.0 Å². The van der Waals surface area contributed by atoms with Crippen LogP contribution in [0.15, 0.2) is 18.2 Å². The maximum absolute atomic E-state index is 10.7. The zero-order valence-corrected chi connectivity index (χ0v) is 11.1. The van der Waals surface area contributed by atoms with Crippen molar-refractivity contribution in [1.29, 1.82) is 0 Å². The van der Waals surface area contributed by atoms with Crippen LogP contribution in [-0.4, -0.2) is 26.2 Å². The van der Waals surface area contributed by atoms with Crippen LogP contribution >= 0.6 is 0 Å². The Morgan fingerprint density at radius 3 is 3.16 bits per heavy atom. The van der Waals surface area contributed by atoms with Crippen molar-refractivity contribution in [2.45, 2.75) is 25.3 Å². The van der Waals surface area contributed by atoms with E-state index in [1.165, 1.54) is 0 Å². The van der Waals surface area contributed by atoms with Crippen LogP contribution in [0.25, 0.3) is 0 Å². The van der Waals surface area contributed by atoms with Crippen LogP contribution in [0.3, 0.4) is 0 Å². The van der Waals surface area contributed by atoms with Crippen molar-refractivity contribution in [1.82, 2.24) is 5.32 Å². The van der Waals surface area contributed by atoms with Crippen molar-refractivity contribution >= 4 is 5.91 Å². The summed E-state index contributed by atoms with van der Waals surface area (Å²) in [6.07, 6.45) is 2.09. The molecule has 1 heterocycles. The summed E-state index contributed by atoms with van der Waals surface area (Å²) in [7, 11) is 1.65. The summed E-state index contributed by atoms with van der Waals surface area (Å²) in [5, 5.41) is 3.44. The Labute approximate surface area is 113 Å². The van der Waals surface area contributed by atoms with Gasteiger partial charge in [-0.3, -0.25) is 4.79 Å². The van der Waals surface area contributed by atoms with Gasteiger partial charge in [0.15, 0.2) is 0 Å². The highest BCUT2D eigenvalue weighted by Gasteiger charge is 2.21. The van der Waals surface area contributed by atoms with Crippen LogP contribution in [0, 0.1) is 0 Å². The molecule has 1 amide bonds. The fraction of sp³-hybridized carbons (Fsp3) is 0.500. The summed E-state index contributed by atoms with van der Waals surface area (Å²) in [5.41, 5.74) is 6.24. The Morgan fingerprint density at radius 2 is 2.42 bits per heavy atom. The largest absolute Gasteiger partial charge is 0.497 e. The van der Waals surface area contributed by atoms with Gasteiger partial charge in [0, 0.05) is 24.4 Å². The number of rotatable bonds is 6. The number of hydrogen-bond acceptors (Lipinski definition) is 4. The predicted molar refractivity (Wildman–Crippen MR) is 72.3 cm³/mol. The molecular weight excluding hydrogens is 244 g/mol. The van der Waals surface area contributed by atoms with Gasteiger partial charge in [0.25, 0.3) is 0 Å². The molecule has 0 aliphatic carbocycles. The Kier molecular flexibility index (Phi) is 4.63. The molecule has 1 unspecified atom stereocenters. The highest BCUT2D eigenvalue weighted by molar-refractivity contribution is 5.73. The summed E-state index contributed by atoms with van der Waals surface area (Å²) >= 11 is 0. The van der Waals surface area contributed by atoms with Gasteiger partial charge < -0.3 is 20.5 Å². The van der Waals surface area contributed by atoms with E-state index in [1.807, 2.05) is 18.2 Å². The van der Waals surface area contributed by atoms with E-state index in [9.17, 15) is 4.79 Å². The number of methoxy groups -OCH3 is 1. The lowest BCUT2D eigenvalue weighted by atomic mass is 10.00. The molecule has 0 saturated carbocycles. The first kappa shape index (κ1) is 13.7.